The lowest BCUT2D eigenvalue weighted by atomic mass is 9.63. The molecule has 0 radical (unpaired) electrons. The van der Waals surface area contributed by atoms with E-state index >= 15 is 0 Å². The van der Waals surface area contributed by atoms with Crippen molar-refractivity contribution in [3.63, 3.8) is 0 Å². The van der Waals surface area contributed by atoms with Crippen LogP contribution in [0.25, 0.3) is 0 Å². The minimum atomic E-state index is -0.0737. The molecule has 0 N–H and O–H groups in total. The quantitative estimate of drug-likeness (QED) is 0.363. The third-order valence-corrected chi connectivity index (χ3v) is 4.67. The predicted octanol–water partition coefficient (Wildman–Crippen LogP) is 2.54. The monoisotopic (exact) mass is 230 g/mol. The normalized spacial score (nSPS) is 44.1. The molecule has 0 aromatic rings. The van der Waals surface area contributed by atoms with Crippen LogP contribution in [0.2, 0.25) is 0 Å². The van der Waals surface area contributed by atoms with Crippen LogP contribution in [0.5, 0.6) is 0 Å². The number of hydrogen-bond acceptors (Lipinski definition) is 2. The Morgan fingerprint density at radius 3 is 3.06 bits per heavy atom. The average molecular weight is 230 g/mol. The van der Waals surface area contributed by atoms with Crippen LogP contribution in [-0.2, 0) is 9.53 Å². The van der Waals surface area contributed by atoms with E-state index in [4.69, 9.17) is 11.2 Å². The maximum Gasteiger partial charge on any atom is 0.313 e. The first-order valence-electron chi connectivity index (χ1n) is 6.59. The van der Waals surface area contributed by atoms with Gasteiger partial charge < -0.3 is 4.74 Å². The summed E-state index contributed by atoms with van der Waals surface area (Å²) in [5.74, 6) is 3.72. The first-order chi connectivity index (χ1) is 8.22. The van der Waals surface area contributed by atoms with Crippen LogP contribution < -0.4 is 0 Å². The first-order valence-corrected chi connectivity index (χ1v) is 6.59. The predicted molar refractivity (Wildman–Crippen MR) is 64.9 cm³/mol. The zero-order valence-electron chi connectivity index (χ0n) is 10.2. The molecule has 2 heteroatoms. The van der Waals surface area contributed by atoms with Gasteiger partial charge in [0, 0.05) is 11.8 Å². The third-order valence-electron chi connectivity index (χ3n) is 4.67. The van der Waals surface area contributed by atoms with Crippen molar-refractivity contribution >= 4 is 5.97 Å². The number of carbonyl (C=O) groups excluding carboxylic acids is 1. The Bertz CT molecular complexity index is 415. The molecule has 3 rings (SSSR count). The zero-order chi connectivity index (χ0) is 12.0. The van der Waals surface area contributed by atoms with Gasteiger partial charge in [0.15, 0.2) is 0 Å². The SMILES string of the molecule is C#CC1[C@H]2[C@H](C)OC(=O)[C@H]2C=C2CCCC[C@@H]21. The van der Waals surface area contributed by atoms with Gasteiger partial charge in [0.05, 0.1) is 5.92 Å². The number of allylic oxidation sites excluding steroid dienone is 1. The van der Waals surface area contributed by atoms with E-state index in [2.05, 4.69) is 12.0 Å². The molecular formula is C15H18O2. The smallest absolute Gasteiger partial charge is 0.313 e. The third kappa shape index (κ3) is 1.52. The molecule has 90 valence electrons. The second-order valence-electron chi connectivity index (χ2n) is 5.53. The van der Waals surface area contributed by atoms with Crippen molar-refractivity contribution in [1.82, 2.24) is 0 Å². The van der Waals surface area contributed by atoms with Gasteiger partial charge in [0.2, 0.25) is 0 Å². The fourth-order valence-corrected chi connectivity index (χ4v) is 3.89. The highest BCUT2D eigenvalue weighted by molar-refractivity contribution is 5.78. The maximum atomic E-state index is 11.8. The zero-order valence-corrected chi connectivity index (χ0v) is 10.2. The molecule has 1 heterocycles. The summed E-state index contributed by atoms with van der Waals surface area (Å²) in [6, 6.07) is 0. The second kappa shape index (κ2) is 3.91. The number of esters is 1. The van der Waals surface area contributed by atoms with E-state index in [1.807, 2.05) is 6.92 Å². The van der Waals surface area contributed by atoms with Crippen LogP contribution in [0, 0.1) is 36.0 Å². The molecule has 17 heavy (non-hydrogen) atoms. The summed E-state index contributed by atoms with van der Waals surface area (Å²) in [6.07, 6.45) is 12.7. The molecule has 0 bridgehead atoms. The van der Waals surface area contributed by atoms with E-state index in [0.29, 0.717) is 5.92 Å². The van der Waals surface area contributed by atoms with Crippen LogP contribution in [0.1, 0.15) is 32.6 Å². The topological polar surface area (TPSA) is 26.3 Å². The number of cyclic esters (lactones) is 1. The van der Waals surface area contributed by atoms with Gasteiger partial charge in [-0.2, -0.15) is 0 Å². The first kappa shape index (κ1) is 10.9. The van der Waals surface area contributed by atoms with E-state index < -0.39 is 0 Å². The molecule has 0 amide bonds. The van der Waals surface area contributed by atoms with E-state index in [1.54, 1.807) is 0 Å². The molecule has 1 saturated heterocycles. The Morgan fingerprint density at radius 1 is 1.47 bits per heavy atom. The summed E-state index contributed by atoms with van der Waals surface area (Å²) >= 11 is 0. The summed E-state index contributed by atoms with van der Waals surface area (Å²) < 4.78 is 5.37. The number of rotatable bonds is 0. The largest absolute Gasteiger partial charge is 0.462 e. The summed E-state index contributed by atoms with van der Waals surface area (Å²) in [5, 5.41) is 0. The minimum Gasteiger partial charge on any atom is -0.462 e. The van der Waals surface area contributed by atoms with Crippen LogP contribution in [0.4, 0.5) is 0 Å². The Labute approximate surface area is 102 Å². The molecule has 0 spiro atoms. The van der Waals surface area contributed by atoms with Crippen molar-refractivity contribution in [3.8, 4) is 12.3 Å². The van der Waals surface area contributed by atoms with Crippen molar-refractivity contribution in [2.45, 2.75) is 38.7 Å². The number of ether oxygens (including phenoxy) is 1. The van der Waals surface area contributed by atoms with Gasteiger partial charge in [0.1, 0.15) is 6.10 Å². The summed E-state index contributed by atoms with van der Waals surface area (Å²) in [4.78, 5) is 11.8. The number of hydrogen-bond donors (Lipinski definition) is 0. The lowest BCUT2D eigenvalue weighted by Crippen LogP contribution is -2.37. The standard InChI is InChI=1S/C15H18O2/c1-3-11-12-7-5-4-6-10(12)8-13-14(11)9(2)17-15(13)16/h1,8-9,11-14H,4-7H2,2H3/t9-,11?,12-,13-,14+/m0/s1. The fraction of sp³-hybridized carbons (Fsp3) is 0.667. The van der Waals surface area contributed by atoms with E-state index in [9.17, 15) is 4.79 Å². The summed E-state index contributed by atoms with van der Waals surface area (Å²) in [7, 11) is 0. The van der Waals surface area contributed by atoms with E-state index in [0.717, 1.165) is 6.42 Å². The van der Waals surface area contributed by atoms with Gasteiger partial charge >= 0.3 is 5.97 Å². The van der Waals surface area contributed by atoms with Gasteiger partial charge in [-0.05, 0) is 32.1 Å². The van der Waals surface area contributed by atoms with E-state index in [-0.39, 0.29) is 29.8 Å². The summed E-state index contributed by atoms with van der Waals surface area (Å²) in [6.45, 7) is 1.98. The Morgan fingerprint density at radius 2 is 2.29 bits per heavy atom. The number of carbonyl (C=O) groups is 1. The van der Waals surface area contributed by atoms with Crippen LogP contribution >= 0.6 is 0 Å². The number of fused-ring (bicyclic) bond motifs is 2. The molecule has 1 saturated carbocycles. The average Bonchev–Trinajstić information content (AvgIpc) is 2.62. The lowest BCUT2D eigenvalue weighted by Gasteiger charge is -2.39. The Kier molecular flexibility index (Phi) is 2.50. The molecule has 3 aliphatic rings. The van der Waals surface area contributed by atoms with Gasteiger partial charge in [-0.1, -0.05) is 18.1 Å². The Balaban J connectivity index is 2.01. The molecule has 1 aliphatic heterocycles. The minimum absolute atomic E-state index is 0.0201. The van der Waals surface area contributed by atoms with Crippen LogP contribution in [0.15, 0.2) is 11.6 Å². The highest BCUT2D eigenvalue weighted by Gasteiger charge is 2.50. The molecule has 2 fully saturated rings. The van der Waals surface area contributed by atoms with Crippen molar-refractivity contribution in [1.29, 1.82) is 0 Å². The molecule has 0 aromatic heterocycles. The van der Waals surface area contributed by atoms with Gasteiger partial charge in [0.25, 0.3) is 0 Å². The van der Waals surface area contributed by atoms with Crippen LogP contribution in [-0.4, -0.2) is 12.1 Å². The molecule has 2 nitrogen and oxygen atoms in total. The Hall–Kier alpha value is -1.23. The lowest BCUT2D eigenvalue weighted by molar-refractivity contribution is -0.142. The van der Waals surface area contributed by atoms with Crippen molar-refractivity contribution < 1.29 is 9.53 Å². The molecular weight excluding hydrogens is 212 g/mol. The molecule has 1 unspecified atom stereocenters. The maximum absolute atomic E-state index is 11.8. The molecule has 2 aliphatic carbocycles. The van der Waals surface area contributed by atoms with Gasteiger partial charge in [-0.15, -0.1) is 12.3 Å². The van der Waals surface area contributed by atoms with Crippen LogP contribution in [0.3, 0.4) is 0 Å². The van der Waals surface area contributed by atoms with Crippen molar-refractivity contribution in [2.75, 3.05) is 0 Å². The number of terminal acetylenes is 1. The highest BCUT2D eigenvalue weighted by Crippen LogP contribution is 2.49. The molecule has 5 atom stereocenters. The van der Waals surface area contributed by atoms with Gasteiger partial charge in [-0.3, -0.25) is 4.79 Å². The van der Waals surface area contributed by atoms with Crippen molar-refractivity contribution in [2.24, 2.45) is 23.7 Å². The fourth-order valence-electron chi connectivity index (χ4n) is 3.89. The highest BCUT2D eigenvalue weighted by atomic mass is 16.6. The van der Waals surface area contributed by atoms with Crippen molar-refractivity contribution in [3.05, 3.63) is 11.6 Å². The molecule has 0 aromatic carbocycles. The second-order valence-corrected chi connectivity index (χ2v) is 5.53. The summed E-state index contributed by atoms with van der Waals surface area (Å²) in [5.41, 5.74) is 1.42. The van der Waals surface area contributed by atoms with E-state index in [1.165, 1.54) is 24.8 Å². The van der Waals surface area contributed by atoms with Gasteiger partial charge in [-0.25, -0.2) is 0 Å².